The summed E-state index contributed by atoms with van der Waals surface area (Å²) < 4.78 is 0. The van der Waals surface area contributed by atoms with Crippen LogP contribution < -0.4 is 10.6 Å². The zero-order valence-electron chi connectivity index (χ0n) is 11.2. The predicted molar refractivity (Wildman–Crippen MR) is 80.4 cm³/mol. The first kappa shape index (κ1) is 15.0. The lowest BCUT2D eigenvalue weighted by molar-refractivity contribution is -0.136. The van der Waals surface area contributed by atoms with Crippen LogP contribution in [0, 0.1) is 0 Å². The third kappa shape index (κ3) is 5.23. The number of hydrogen-bond acceptors (Lipinski definition) is 4. The number of nitrogens with one attached hydrogen (secondary N) is 2. The van der Waals surface area contributed by atoms with Crippen molar-refractivity contribution >= 4 is 29.0 Å². The average Bonchev–Trinajstić information content (AvgIpc) is 2.97. The number of benzene rings is 1. The monoisotopic (exact) mass is 305 g/mol. The molecule has 0 aliphatic heterocycles. The average molecular weight is 305 g/mol. The lowest BCUT2D eigenvalue weighted by Crippen LogP contribution is -2.27. The van der Waals surface area contributed by atoms with Crippen molar-refractivity contribution in [2.45, 2.75) is 19.4 Å². The van der Waals surface area contributed by atoms with Crippen LogP contribution in [0.2, 0.25) is 0 Å². The maximum absolute atomic E-state index is 11.8. The van der Waals surface area contributed by atoms with E-state index in [1.165, 1.54) is 11.3 Å². The van der Waals surface area contributed by atoms with Crippen LogP contribution in [0.4, 0.5) is 10.5 Å². The molecule has 0 saturated heterocycles. The fourth-order valence-corrected chi connectivity index (χ4v) is 2.26. The van der Waals surface area contributed by atoms with Crippen molar-refractivity contribution in [3.05, 3.63) is 46.4 Å². The van der Waals surface area contributed by atoms with E-state index in [0.29, 0.717) is 18.7 Å². The van der Waals surface area contributed by atoms with Crippen molar-refractivity contribution in [3.8, 4) is 0 Å². The van der Waals surface area contributed by atoms with Gasteiger partial charge in [-0.05, 0) is 24.1 Å². The minimum absolute atomic E-state index is 0.0705. The van der Waals surface area contributed by atoms with E-state index in [2.05, 4.69) is 15.6 Å². The number of rotatable bonds is 6. The molecule has 0 spiro atoms. The molecular formula is C14H15N3O3S. The second-order valence-electron chi connectivity index (χ2n) is 4.37. The number of aliphatic carboxylic acids is 1. The van der Waals surface area contributed by atoms with Crippen molar-refractivity contribution in [2.75, 3.05) is 5.32 Å². The summed E-state index contributed by atoms with van der Waals surface area (Å²) in [6.07, 6.45) is 2.21. The maximum atomic E-state index is 11.8. The number of hydrogen-bond donors (Lipinski definition) is 3. The third-order valence-corrected chi connectivity index (χ3v) is 3.50. The fraction of sp³-hybridized carbons (Fsp3) is 0.214. The van der Waals surface area contributed by atoms with E-state index in [1.54, 1.807) is 29.9 Å². The third-order valence-electron chi connectivity index (χ3n) is 2.72. The summed E-state index contributed by atoms with van der Waals surface area (Å²) >= 11 is 1.47. The summed E-state index contributed by atoms with van der Waals surface area (Å²) in [4.78, 5) is 27.2. The van der Waals surface area contributed by atoms with E-state index in [-0.39, 0.29) is 12.5 Å². The SMILES string of the molecule is O=C(O)CCc1cccc(NC(=O)NCc2cncs2)c1. The fourth-order valence-electron chi connectivity index (χ4n) is 1.73. The van der Waals surface area contributed by atoms with Gasteiger partial charge in [-0.3, -0.25) is 9.78 Å². The summed E-state index contributed by atoms with van der Waals surface area (Å²) in [6, 6.07) is 6.85. The zero-order chi connectivity index (χ0) is 15.1. The van der Waals surface area contributed by atoms with Crippen LogP contribution in [0.3, 0.4) is 0 Å². The molecule has 0 atom stereocenters. The van der Waals surface area contributed by atoms with Crippen LogP contribution in [0.5, 0.6) is 0 Å². The van der Waals surface area contributed by atoms with Crippen molar-refractivity contribution < 1.29 is 14.7 Å². The molecule has 0 bridgehead atoms. The van der Waals surface area contributed by atoms with Gasteiger partial charge in [-0.1, -0.05) is 12.1 Å². The van der Waals surface area contributed by atoms with Crippen LogP contribution in [0.25, 0.3) is 0 Å². The Morgan fingerprint density at radius 3 is 2.90 bits per heavy atom. The largest absolute Gasteiger partial charge is 0.481 e. The number of aryl methyl sites for hydroxylation is 1. The molecule has 2 amide bonds. The summed E-state index contributed by atoms with van der Waals surface area (Å²) in [5, 5.41) is 14.1. The molecule has 7 heteroatoms. The Morgan fingerprint density at radius 2 is 2.19 bits per heavy atom. The van der Waals surface area contributed by atoms with Gasteiger partial charge in [-0.25, -0.2) is 4.79 Å². The number of urea groups is 1. The smallest absolute Gasteiger partial charge is 0.319 e. The Balaban J connectivity index is 1.85. The van der Waals surface area contributed by atoms with Crippen LogP contribution in [0.1, 0.15) is 16.9 Å². The van der Waals surface area contributed by atoms with E-state index in [9.17, 15) is 9.59 Å². The Labute approximate surface area is 125 Å². The highest BCUT2D eigenvalue weighted by Crippen LogP contribution is 2.12. The second kappa shape index (κ2) is 7.39. The predicted octanol–water partition coefficient (Wildman–Crippen LogP) is 2.48. The van der Waals surface area contributed by atoms with Crippen LogP contribution in [-0.2, 0) is 17.8 Å². The number of anilines is 1. The number of thiazole rings is 1. The molecular weight excluding hydrogens is 290 g/mol. The van der Waals surface area contributed by atoms with Gasteiger partial charge in [0.05, 0.1) is 12.1 Å². The molecule has 1 aromatic carbocycles. The number of nitrogens with zero attached hydrogens (tertiary/aromatic N) is 1. The molecule has 3 N–H and O–H groups in total. The van der Waals surface area contributed by atoms with Crippen molar-refractivity contribution in [1.29, 1.82) is 0 Å². The molecule has 0 fully saturated rings. The van der Waals surface area contributed by atoms with Gasteiger partial charge in [0.2, 0.25) is 0 Å². The van der Waals surface area contributed by atoms with E-state index >= 15 is 0 Å². The number of aromatic nitrogens is 1. The summed E-state index contributed by atoms with van der Waals surface area (Å²) in [6.45, 7) is 0.426. The molecule has 0 saturated carbocycles. The van der Waals surface area contributed by atoms with Crippen LogP contribution >= 0.6 is 11.3 Å². The Morgan fingerprint density at radius 1 is 1.33 bits per heavy atom. The van der Waals surface area contributed by atoms with Gasteiger partial charge in [0.1, 0.15) is 0 Å². The molecule has 21 heavy (non-hydrogen) atoms. The van der Waals surface area contributed by atoms with Crippen LogP contribution in [-0.4, -0.2) is 22.1 Å². The molecule has 2 aromatic rings. The number of carbonyl (C=O) groups is 2. The molecule has 0 radical (unpaired) electrons. The summed E-state index contributed by atoms with van der Waals surface area (Å²) in [5.41, 5.74) is 3.22. The molecule has 0 unspecified atom stereocenters. The highest BCUT2D eigenvalue weighted by atomic mass is 32.1. The van der Waals surface area contributed by atoms with Crippen LogP contribution in [0.15, 0.2) is 36.0 Å². The number of carbonyl (C=O) groups excluding carboxylic acids is 1. The van der Waals surface area contributed by atoms with E-state index in [4.69, 9.17) is 5.11 Å². The van der Waals surface area contributed by atoms with E-state index in [0.717, 1.165) is 10.4 Å². The molecule has 2 rings (SSSR count). The molecule has 1 heterocycles. The van der Waals surface area contributed by atoms with E-state index in [1.807, 2.05) is 6.07 Å². The minimum atomic E-state index is -0.837. The van der Waals surface area contributed by atoms with Gasteiger partial charge in [-0.2, -0.15) is 0 Å². The molecule has 0 aliphatic carbocycles. The quantitative estimate of drug-likeness (QED) is 0.764. The summed E-state index contributed by atoms with van der Waals surface area (Å²) in [7, 11) is 0. The highest BCUT2D eigenvalue weighted by molar-refractivity contribution is 7.09. The van der Waals surface area contributed by atoms with Crippen molar-refractivity contribution in [2.24, 2.45) is 0 Å². The Hall–Kier alpha value is -2.41. The minimum Gasteiger partial charge on any atom is -0.481 e. The topological polar surface area (TPSA) is 91.3 Å². The first-order valence-electron chi connectivity index (χ1n) is 6.36. The zero-order valence-corrected chi connectivity index (χ0v) is 12.0. The van der Waals surface area contributed by atoms with Gasteiger partial charge in [0.15, 0.2) is 0 Å². The lowest BCUT2D eigenvalue weighted by atomic mass is 10.1. The Kier molecular flexibility index (Phi) is 5.28. The number of carboxylic acid groups (broad SMARTS) is 1. The van der Waals surface area contributed by atoms with Gasteiger partial charge in [-0.15, -0.1) is 11.3 Å². The maximum Gasteiger partial charge on any atom is 0.319 e. The van der Waals surface area contributed by atoms with Crippen molar-refractivity contribution in [3.63, 3.8) is 0 Å². The van der Waals surface area contributed by atoms with Gasteiger partial charge >= 0.3 is 12.0 Å². The first-order chi connectivity index (χ1) is 10.1. The van der Waals surface area contributed by atoms with Crippen molar-refractivity contribution in [1.82, 2.24) is 10.3 Å². The highest BCUT2D eigenvalue weighted by Gasteiger charge is 2.04. The number of amides is 2. The van der Waals surface area contributed by atoms with E-state index < -0.39 is 5.97 Å². The normalized spacial score (nSPS) is 10.1. The molecule has 6 nitrogen and oxygen atoms in total. The molecule has 1 aromatic heterocycles. The van der Waals surface area contributed by atoms with Gasteiger partial charge in [0, 0.05) is 23.2 Å². The second-order valence-corrected chi connectivity index (χ2v) is 5.34. The standard InChI is InChI=1S/C14H15N3O3S/c18-13(19)5-4-10-2-1-3-11(6-10)17-14(20)16-8-12-7-15-9-21-12/h1-3,6-7,9H,4-5,8H2,(H,18,19)(H2,16,17,20). The number of carboxylic acids is 1. The van der Waals surface area contributed by atoms with Gasteiger partial charge in [0.25, 0.3) is 0 Å². The molecule has 110 valence electrons. The summed E-state index contributed by atoms with van der Waals surface area (Å²) in [5.74, 6) is -0.837. The molecule has 0 aliphatic rings. The Bertz CT molecular complexity index is 614. The lowest BCUT2D eigenvalue weighted by Gasteiger charge is -2.08. The first-order valence-corrected chi connectivity index (χ1v) is 7.24. The van der Waals surface area contributed by atoms with Gasteiger partial charge < -0.3 is 15.7 Å².